The summed E-state index contributed by atoms with van der Waals surface area (Å²) in [5, 5.41) is 0. The monoisotopic (exact) mass is 356 g/mol. The summed E-state index contributed by atoms with van der Waals surface area (Å²) in [6.07, 6.45) is 14.6. The number of unbranched alkanes of at least 4 members (excludes halogenated alkanes) is 2. The summed E-state index contributed by atoms with van der Waals surface area (Å²) >= 11 is 0. The van der Waals surface area contributed by atoms with Gasteiger partial charge >= 0.3 is 0 Å². The number of carbonyl (C=O) groups excluding carboxylic acids is 1. The summed E-state index contributed by atoms with van der Waals surface area (Å²) in [6, 6.07) is 0. The van der Waals surface area contributed by atoms with Crippen LogP contribution < -0.4 is 0 Å². The zero-order chi connectivity index (χ0) is 20.1. The van der Waals surface area contributed by atoms with Gasteiger partial charge in [0.1, 0.15) is 5.78 Å². The summed E-state index contributed by atoms with van der Waals surface area (Å²) in [4.78, 5) is 10.2. The van der Waals surface area contributed by atoms with Crippen molar-refractivity contribution in [2.24, 2.45) is 17.8 Å². The molecular formula is C24H52O. The van der Waals surface area contributed by atoms with Gasteiger partial charge in [-0.2, -0.15) is 0 Å². The lowest BCUT2D eigenvalue weighted by Crippen LogP contribution is -2.03. The maximum atomic E-state index is 10.2. The Morgan fingerprint density at radius 3 is 1.88 bits per heavy atom. The van der Waals surface area contributed by atoms with E-state index in [4.69, 9.17) is 0 Å². The summed E-state index contributed by atoms with van der Waals surface area (Å²) < 4.78 is 0. The first kappa shape index (κ1) is 29.4. The van der Waals surface area contributed by atoms with Gasteiger partial charge in [0.15, 0.2) is 0 Å². The predicted octanol–water partition coefficient (Wildman–Crippen LogP) is 8.85. The summed E-state index contributed by atoms with van der Waals surface area (Å²) in [5.41, 5.74) is 0. The minimum absolute atomic E-state index is 0.307. The highest BCUT2D eigenvalue weighted by atomic mass is 16.1. The number of hydrogen-bond donors (Lipinski definition) is 0. The van der Waals surface area contributed by atoms with Gasteiger partial charge in [-0.05, 0) is 31.1 Å². The van der Waals surface area contributed by atoms with Crippen molar-refractivity contribution < 1.29 is 4.79 Å². The highest BCUT2D eigenvalue weighted by molar-refractivity contribution is 5.75. The Morgan fingerprint density at radius 1 is 1.00 bits per heavy atom. The molecule has 0 radical (unpaired) electrons. The molecule has 25 heavy (non-hydrogen) atoms. The van der Waals surface area contributed by atoms with Crippen LogP contribution in [0, 0.1) is 17.8 Å². The van der Waals surface area contributed by atoms with E-state index in [-0.39, 0.29) is 0 Å². The third kappa shape index (κ3) is 26.0. The Hall–Kier alpha value is -0.330. The SMILES string of the molecule is CC.CC(C)CCCCC1CCC[C@H]1C.CCC.CCCCC(C)=O. The standard InChI is InChI=1S/C13H26.C6H12O.C3H8.C2H6/c1-11(2)7-4-5-9-13-10-6-8-12(13)3;1-3-4-5-6(2)7;1-3-2;1-2/h11-13H,4-10H2,1-3H3;3-5H2,1-2H3;3H2,1-2H3;1-2H3/t12-,13?;;;/m1.../s1. The van der Waals surface area contributed by atoms with Crippen LogP contribution in [0.4, 0.5) is 0 Å². The highest BCUT2D eigenvalue weighted by Crippen LogP contribution is 2.34. The minimum Gasteiger partial charge on any atom is -0.300 e. The van der Waals surface area contributed by atoms with Crippen molar-refractivity contribution in [2.75, 3.05) is 0 Å². The molecule has 0 aromatic rings. The van der Waals surface area contributed by atoms with Crippen molar-refractivity contribution in [3.05, 3.63) is 0 Å². The second-order valence-electron chi connectivity index (χ2n) is 7.86. The molecule has 0 aromatic heterocycles. The van der Waals surface area contributed by atoms with Crippen LogP contribution >= 0.6 is 0 Å². The van der Waals surface area contributed by atoms with Gasteiger partial charge in [0, 0.05) is 6.42 Å². The van der Waals surface area contributed by atoms with Gasteiger partial charge in [-0.15, -0.1) is 0 Å². The van der Waals surface area contributed by atoms with Crippen LogP contribution in [0.2, 0.25) is 0 Å². The van der Waals surface area contributed by atoms with Crippen molar-refractivity contribution in [3.8, 4) is 0 Å². The normalized spacial score (nSPS) is 18.3. The minimum atomic E-state index is 0.307. The largest absolute Gasteiger partial charge is 0.300 e. The van der Waals surface area contributed by atoms with E-state index in [1.54, 1.807) is 6.92 Å². The van der Waals surface area contributed by atoms with Gasteiger partial charge in [-0.1, -0.05) is 113 Å². The van der Waals surface area contributed by atoms with E-state index in [2.05, 4.69) is 41.5 Å². The molecule has 0 aromatic carbocycles. The van der Waals surface area contributed by atoms with Crippen LogP contribution in [0.1, 0.15) is 133 Å². The number of rotatable bonds is 8. The van der Waals surface area contributed by atoms with Crippen LogP contribution in [0.15, 0.2) is 0 Å². The van der Waals surface area contributed by atoms with Gasteiger partial charge in [0.2, 0.25) is 0 Å². The lowest BCUT2D eigenvalue weighted by Gasteiger charge is -2.14. The highest BCUT2D eigenvalue weighted by Gasteiger charge is 2.22. The number of Topliss-reactive ketones (excluding diaryl/α,β-unsaturated/α-hetero) is 1. The third-order valence-electron chi connectivity index (χ3n) is 4.53. The Bertz CT molecular complexity index is 244. The molecular weight excluding hydrogens is 304 g/mol. The van der Waals surface area contributed by atoms with E-state index < -0.39 is 0 Å². The molecule has 0 N–H and O–H groups in total. The van der Waals surface area contributed by atoms with Gasteiger partial charge < -0.3 is 4.79 Å². The fourth-order valence-electron chi connectivity index (χ4n) is 3.04. The Morgan fingerprint density at radius 2 is 1.56 bits per heavy atom. The summed E-state index contributed by atoms with van der Waals surface area (Å²) in [7, 11) is 0. The number of ketones is 1. The van der Waals surface area contributed by atoms with E-state index in [1.807, 2.05) is 13.8 Å². The zero-order valence-corrected chi connectivity index (χ0v) is 19.4. The average Bonchev–Trinajstić information content (AvgIpc) is 2.98. The van der Waals surface area contributed by atoms with E-state index in [0.717, 1.165) is 37.0 Å². The fraction of sp³-hybridized carbons (Fsp3) is 0.958. The molecule has 1 unspecified atom stereocenters. The quantitative estimate of drug-likeness (QED) is 0.397. The lowest BCUT2D eigenvalue weighted by atomic mass is 9.91. The third-order valence-corrected chi connectivity index (χ3v) is 4.53. The van der Waals surface area contributed by atoms with Gasteiger partial charge in [0.05, 0.1) is 0 Å². The molecule has 0 saturated heterocycles. The van der Waals surface area contributed by atoms with Gasteiger partial charge in [0.25, 0.3) is 0 Å². The first-order valence-corrected chi connectivity index (χ1v) is 11.4. The van der Waals surface area contributed by atoms with Crippen molar-refractivity contribution in [1.82, 2.24) is 0 Å². The van der Waals surface area contributed by atoms with E-state index in [1.165, 1.54) is 51.4 Å². The average molecular weight is 357 g/mol. The zero-order valence-electron chi connectivity index (χ0n) is 19.4. The van der Waals surface area contributed by atoms with Gasteiger partial charge in [-0.25, -0.2) is 0 Å². The molecule has 1 fully saturated rings. The molecule has 1 rings (SSSR count). The second-order valence-corrected chi connectivity index (χ2v) is 7.86. The van der Waals surface area contributed by atoms with E-state index in [9.17, 15) is 4.79 Å². The molecule has 1 nitrogen and oxygen atoms in total. The van der Waals surface area contributed by atoms with Crippen LogP contribution in [0.3, 0.4) is 0 Å². The topological polar surface area (TPSA) is 17.1 Å². The number of carbonyl (C=O) groups is 1. The molecule has 1 saturated carbocycles. The first-order valence-electron chi connectivity index (χ1n) is 11.4. The lowest BCUT2D eigenvalue weighted by molar-refractivity contribution is -0.117. The molecule has 0 bridgehead atoms. The Balaban J connectivity index is -0.000000341. The molecule has 1 aliphatic carbocycles. The summed E-state index contributed by atoms with van der Waals surface area (Å²) in [5.74, 6) is 3.31. The molecule has 0 amide bonds. The second kappa shape index (κ2) is 23.7. The molecule has 2 atom stereocenters. The van der Waals surface area contributed by atoms with Crippen molar-refractivity contribution in [1.29, 1.82) is 0 Å². The van der Waals surface area contributed by atoms with Crippen LogP contribution in [0.5, 0.6) is 0 Å². The predicted molar refractivity (Wildman–Crippen MR) is 117 cm³/mol. The first-order chi connectivity index (χ1) is 11.9. The molecule has 0 heterocycles. The van der Waals surface area contributed by atoms with Crippen molar-refractivity contribution in [2.45, 2.75) is 133 Å². The molecule has 154 valence electrons. The van der Waals surface area contributed by atoms with Gasteiger partial charge in [-0.3, -0.25) is 0 Å². The van der Waals surface area contributed by atoms with Crippen LogP contribution in [-0.2, 0) is 4.79 Å². The fourth-order valence-corrected chi connectivity index (χ4v) is 3.04. The number of hydrogen-bond acceptors (Lipinski definition) is 1. The molecule has 1 heteroatoms. The Labute approximate surface area is 161 Å². The smallest absolute Gasteiger partial charge is 0.129 e. The molecule has 0 aliphatic heterocycles. The van der Waals surface area contributed by atoms with Crippen molar-refractivity contribution in [3.63, 3.8) is 0 Å². The van der Waals surface area contributed by atoms with E-state index >= 15 is 0 Å². The Kier molecular flexibility index (Phi) is 27.9. The van der Waals surface area contributed by atoms with Crippen LogP contribution in [0.25, 0.3) is 0 Å². The molecule has 1 aliphatic rings. The maximum Gasteiger partial charge on any atom is 0.129 e. The summed E-state index contributed by atoms with van der Waals surface area (Å²) in [6.45, 7) is 19.1. The maximum absolute atomic E-state index is 10.2. The molecule has 0 spiro atoms. The van der Waals surface area contributed by atoms with Crippen LogP contribution in [-0.4, -0.2) is 5.78 Å². The van der Waals surface area contributed by atoms with E-state index in [0.29, 0.717) is 5.78 Å². The van der Waals surface area contributed by atoms with Crippen molar-refractivity contribution >= 4 is 5.78 Å².